The van der Waals surface area contributed by atoms with Crippen molar-refractivity contribution in [2.45, 2.75) is 71.6 Å². The van der Waals surface area contributed by atoms with Crippen LogP contribution >= 0.6 is 0 Å². The largest absolute Gasteiger partial charge is 0.513 e. The fourth-order valence-electron chi connectivity index (χ4n) is 1.50. The number of aliphatic hydroxyl groups is 1. The minimum atomic E-state index is 0.609. The lowest BCUT2D eigenvalue weighted by atomic mass is 10.1. The molecule has 0 saturated carbocycles. The predicted molar refractivity (Wildman–Crippen MR) is 63.6 cm³/mol. The lowest BCUT2D eigenvalue weighted by molar-refractivity contribution is 0.377. The highest BCUT2D eigenvalue weighted by Crippen LogP contribution is 2.09. The molecule has 0 aromatic rings. The normalized spacial score (nSPS) is 12.0. The molecule has 1 N–H and O–H groups in total. The molecule has 84 valence electrons. The number of aliphatic hydroxyl groups excluding tert-OH is 1. The minimum absolute atomic E-state index is 0.609. The highest BCUT2D eigenvalue weighted by molar-refractivity contribution is 4.90. The number of hydrogen-bond donors (Lipinski definition) is 1. The topological polar surface area (TPSA) is 20.2 Å². The fourth-order valence-corrected chi connectivity index (χ4v) is 1.50. The molecule has 1 heteroatoms. The van der Waals surface area contributed by atoms with Gasteiger partial charge in [-0.05, 0) is 25.3 Å². The van der Waals surface area contributed by atoms with Crippen LogP contribution in [-0.4, -0.2) is 5.11 Å². The monoisotopic (exact) mass is 198 g/mol. The fraction of sp³-hybridized carbons (Fsp3) is 0.846. The van der Waals surface area contributed by atoms with Gasteiger partial charge in [-0.2, -0.15) is 0 Å². The van der Waals surface area contributed by atoms with E-state index in [0.717, 1.165) is 19.3 Å². The molecule has 0 aliphatic rings. The van der Waals surface area contributed by atoms with Gasteiger partial charge < -0.3 is 5.11 Å². The second-order valence-corrected chi connectivity index (χ2v) is 4.00. The van der Waals surface area contributed by atoms with Crippen molar-refractivity contribution in [1.29, 1.82) is 0 Å². The highest BCUT2D eigenvalue weighted by atomic mass is 16.3. The Morgan fingerprint density at radius 2 is 1.57 bits per heavy atom. The minimum Gasteiger partial charge on any atom is -0.513 e. The standard InChI is InChI=1S/C13H26O/c1-3-5-7-9-11-13(14)12-10-8-6-4-2/h11,14H,3-10,12H2,1-2H3. The van der Waals surface area contributed by atoms with Gasteiger partial charge in [-0.15, -0.1) is 0 Å². The average Bonchev–Trinajstić information content (AvgIpc) is 2.19. The molecule has 0 bridgehead atoms. The summed E-state index contributed by atoms with van der Waals surface area (Å²) < 4.78 is 0. The average molecular weight is 198 g/mol. The third-order valence-electron chi connectivity index (χ3n) is 2.47. The molecule has 0 atom stereocenters. The predicted octanol–water partition coefficient (Wildman–Crippen LogP) is 4.98. The summed E-state index contributed by atoms with van der Waals surface area (Å²) in [5.74, 6) is 0.609. The van der Waals surface area contributed by atoms with Gasteiger partial charge >= 0.3 is 0 Å². The lowest BCUT2D eigenvalue weighted by Crippen LogP contribution is -1.83. The van der Waals surface area contributed by atoms with Crippen molar-refractivity contribution in [3.63, 3.8) is 0 Å². The van der Waals surface area contributed by atoms with Gasteiger partial charge in [-0.1, -0.05) is 46.0 Å². The van der Waals surface area contributed by atoms with E-state index in [2.05, 4.69) is 13.8 Å². The number of allylic oxidation sites excluding steroid dienone is 2. The van der Waals surface area contributed by atoms with Crippen molar-refractivity contribution in [3.8, 4) is 0 Å². The SMILES string of the molecule is CCCCCC=C(O)CCCCCC. The van der Waals surface area contributed by atoms with Crippen LogP contribution in [0.1, 0.15) is 71.6 Å². The van der Waals surface area contributed by atoms with E-state index in [1.165, 1.54) is 38.5 Å². The van der Waals surface area contributed by atoms with E-state index in [9.17, 15) is 5.11 Å². The molecule has 0 aliphatic carbocycles. The van der Waals surface area contributed by atoms with Crippen LogP contribution in [0, 0.1) is 0 Å². The summed E-state index contributed by atoms with van der Waals surface area (Å²) in [6.07, 6.45) is 12.6. The van der Waals surface area contributed by atoms with Gasteiger partial charge in [0.1, 0.15) is 0 Å². The van der Waals surface area contributed by atoms with Crippen molar-refractivity contribution >= 4 is 0 Å². The van der Waals surface area contributed by atoms with E-state index in [-0.39, 0.29) is 0 Å². The lowest BCUT2D eigenvalue weighted by Gasteiger charge is -2.00. The molecule has 0 unspecified atom stereocenters. The van der Waals surface area contributed by atoms with Crippen LogP contribution in [0.25, 0.3) is 0 Å². The number of unbranched alkanes of at least 4 members (excludes halogenated alkanes) is 6. The molecular weight excluding hydrogens is 172 g/mol. The van der Waals surface area contributed by atoms with Gasteiger partial charge in [-0.3, -0.25) is 0 Å². The molecule has 0 heterocycles. The molecule has 1 nitrogen and oxygen atoms in total. The van der Waals surface area contributed by atoms with Crippen molar-refractivity contribution < 1.29 is 5.11 Å². The first kappa shape index (κ1) is 13.5. The molecule has 0 spiro atoms. The van der Waals surface area contributed by atoms with Gasteiger partial charge in [0, 0.05) is 6.42 Å². The van der Waals surface area contributed by atoms with Gasteiger partial charge in [0.25, 0.3) is 0 Å². The van der Waals surface area contributed by atoms with Crippen molar-refractivity contribution in [2.24, 2.45) is 0 Å². The summed E-state index contributed by atoms with van der Waals surface area (Å²) >= 11 is 0. The first-order chi connectivity index (χ1) is 6.81. The number of hydrogen-bond acceptors (Lipinski definition) is 1. The molecule has 0 aromatic carbocycles. The molecule has 0 radical (unpaired) electrons. The van der Waals surface area contributed by atoms with Gasteiger partial charge in [0.2, 0.25) is 0 Å². The summed E-state index contributed by atoms with van der Waals surface area (Å²) in [6.45, 7) is 4.41. The van der Waals surface area contributed by atoms with Crippen LogP contribution in [0.15, 0.2) is 11.8 Å². The van der Waals surface area contributed by atoms with Gasteiger partial charge in [0.15, 0.2) is 0 Å². The number of rotatable bonds is 9. The summed E-state index contributed by atoms with van der Waals surface area (Å²) in [7, 11) is 0. The first-order valence-corrected chi connectivity index (χ1v) is 6.19. The van der Waals surface area contributed by atoms with Gasteiger partial charge in [-0.25, -0.2) is 0 Å². The molecule has 0 saturated heterocycles. The summed E-state index contributed by atoms with van der Waals surface area (Å²) in [5, 5.41) is 9.51. The van der Waals surface area contributed by atoms with E-state index in [1.807, 2.05) is 6.08 Å². The Bertz CT molecular complexity index is 138. The van der Waals surface area contributed by atoms with E-state index in [1.54, 1.807) is 0 Å². The third kappa shape index (κ3) is 9.63. The van der Waals surface area contributed by atoms with E-state index in [0.29, 0.717) is 5.76 Å². The quantitative estimate of drug-likeness (QED) is 0.409. The highest BCUT2D eigenvalue weighted by Gasteiger charge is 1.93. The maximum atomic E-state index is 9.51. The Kier molecular flexibility index (Phi) is 10.3. The van der Waals surface area contributed by atoms with Crippen molar-refractivity contribution in [1.82, 2.24) is 0 Å². The maximum Gasteiger partial charge on any atom is 0.0882 e. The molecular formula is C13H26O. The smallest absolute Gasteiger partial charge is 0.0882 e. The van der Waals surface area contributed by atoms with E-state index < -0.39 is 0 Å². The second kappa shape index (κ2) is 10.6. The van der Waals surface area contributed by atoms with Crippen molar-refractivity contribution in [3.05, 3.63) is 11.8 Å². The Morgan fingerprint density at radius 3 is 2.21 bits per heavy atom. The molecule has 0 fully saturated rings. The molecule has 0 aromatic heterocycles. The Labute approximate surface area is 89.2 Å². The molecule has 0 aliphatic heterocycles. The summed E-state index contributed by atoms with van der Waals surface area (Å²) in [4.78, 5) is 0. The Balaban J connectivity index is 3.28. The zero-order chi connectivity index (χ0) is 10.6. The zero-order valence-corrected chi connectivity index (χ0v) is 9.89. The maximum absolute atomic E-state index is 9.51. The van der Waals surface area contributed by atoms with Crippen LogP contribution in [0.5, 0.6) is 0 Å². The third-order valence-corrected chi connectivity index (χ3v) is 2.47. The Hall–Kier alpha value is -0.460. The Morgan fingerprint density at radius 1 is 0.929 bits per heavy atom. The van der Waals surface area contributed by atoms with Crippen molar-refractivity contribution in [2.75, 3.05) is 0 Å². The van der Waals surface area contributed by atoms with Crippen LogP contribution < -0.4 is 0 Å². The van der Waals surface area contributed by atoms with E-state index >= 15 is 0 Å². The van der Waals surface area contributed by atoms with Crippen LogP contribution in [0.4, 0.5) is 0 Å². The van der Waals surface area contributed by atoms with Crippen LogP contribution in [0.3, 0.4) is 0 Å². The van der Waals surface area contributed by atoms with E-state index in [4.69, 9.17) is 0 Å². The van der Waals surface area contributed by atoms with Gasteiger partial charge in [0.05, 0.1) is 5.76 Å². The second-order valence-electron chi connectivity index (χ2n) is 4.00. The first-order valence-electron chi connectivity index (χ1n) is 6.19. The molecule has 14 heavy (non-hydrogen) atoms. The molecule has 0 amide bonds. The zero-order valence-electron chi connectivity index (χ0n) is 9.89. The van der Waals surface area contributed by atoms with Crippen LogP contribution in [-0.2, 0) is 0 Å². The summed E-state index contributed by atoms with van der Waals surface area (Å²) in [6, 6.07) is 0. The molecule has 0 rings (SSSR count). The summed E-state index contributed by atoms with van der Waals surface area (Å²) in [5.41, 5.74) is 0. The van der Waals surface area contributed by atoms with Crippen LogP contribution in [0.2, 0.25) is 0 Å².